The van der Waals surface area contributed by atoms with Crippen LogP contribution in [0.1, 0.15) is 106 Å². The van der Waals surface area contributed by atoms with Gasteiger partial charge in [-0.05, 0) is 84.4 Å². The molecule has 8 nitrogen and oxygen atoms in total. The number of aromatic hydroxyl groups is 1. The van der Waals surface area contributed by atoms with E-state index in [0.717, 1.165) is 55.3 Å². The number of aliphatic hydroxyl groups is 1. The lowest BCUT2D eigenvalue weighted by molar-refractivity contribution is -0.121. The molecule has 0 unspecified atom stereocenters. The van der Waals surface area contributed by atoms with E-state index >= 15 is 0 Å². The van der Waals surface area contributed by atoms with Crippen molar-refractivity contribution in [3.05, 3.63) is 87.3 Å². The van der Waals surface area contributed by atoms with E-state index in [1.807, 2.05) is 12.1 Å². The topological polar surface area (TPSA) is 121 Å². The second-order valence-corrected chi connectivity index (χ2v) is 14.5. The summed E-state index contributed by atoms with van der Waals surface area (Å²) in [6, 6.07) is 12.0. The molecule has 0 aromatic heterocycles. The first-order valence-corrected chi connectivity index (χ1v) is 17.9. The fourth-order valence-corrected chi connectivity index (χ4v) is 9.40. The van der Waals surface area contributed by atoms with Crippen molar-refractivity contribution in [2.75, 3.05) is 13.3 Å². The normalized spacial score (nSPS) is 25.3. The molecule has 3 aliphatic heterocycles. The van der Waals surface area contributed by atoms with Gasteiger partial charge in [0, 0.05) is 54.1 Å². The quantitative estimate of drug-likeness (QED) is 0.206. The first-order valence-electron chi connectivity index (χ1n) is 17.9. The number of aliphatic imine (C=N–C) groups is 2. The molecule has 8 heteroatoms. The van der Waals surface area contributed by atoms with Crippen molar-refractivity contribution in [1.82, 2.24) is 4.90 Å². The fraction of sp³-hybridized carbons (Fsp3) is 0.475. The van der Waals surface area contributed by atoms with E-state index in [0.29, 0.717) is 37.5 Å². The van der Waals surface area contributed by atoms with E-state index in [-0.39, 0.29) is 36.3 Å². The Labute approximate surface area is 282 Å². The summed E-state index contributed by atoms with van der Waals surface area (Å²) in [4.78, 5) is 24.5. The van der Waals surface area contributed by atoms with E-state index < -0.39 is 6.10 Å². The number of aliphatic hydroxyl groups excluding tert-OH is 1. The maximum Gasteiger partial charge on any atom is 0.163 e. The molecule has 2 aromatic carbocycles. The number of nitrogens with zero attached hydrogens (tertiary/aromatic N) is 3. The number of benzene rings is 2. The predicted molar refractivity (Wildman–Crippen MR) is 188 cm³/mol. The number of phenolic OH excluding ortho intramolecular Hbond substituents is 1. The van der Waals surface area contributed by atoms with Gasteiger partial charge in [-0.1, -0.05) is 62.4 Å². The highest BCUT2D eigenvalue weighted by molar-refractivity contribution is 6.29. The summed E-state index contributed by atoms with van der Waals surface area (Å²) < 4.78 is 6.18. The van der Waals surface area contributed by atoms with E-state index in [2.05, 4.69) is 42.4 Å². The Kier molecular flexibility index (Phi) is 8.12. The molecule has 0 bridgehead atoms. The molecule has 2 aromatic rings. The second kappa shape index (κ2) is 12.5. The zero-order valence-corrected chi connectivity index (χ0v) is 27.9. The fourth-order valence-electron chi connectivity index (χ4n) is 9.40. The zero-order chi connectivity index (χ0) is 33.0. The number of rotatable bonds is 13. The van der Waals surface area contributed by atoms with Gasteiger partial charge in [0.05, 0.1) is 11.8 Å². The molecule has 250 valence electrons. The maximum atomic E-state index is 12.5. The molecule has 4 atom stereocenters. The minimum atomic E-state index is -0.565. The van der Waals surface area contributed by atoms with Crippen LogP contribution in [0.5, 0.6) is 11.5 Å². The molecule has 0 radical (unpaired) electrons. The third-order valence-corrected chi connectivity index (χ3v) is 11.6. The van der Waals surface area contributed by atoms with Gasteiger partial charge in [-0.15, -0.1) is 0 Å². The molecular weight excluding hydrogens is 600 g/mol. The summed E-state index contributed by atoms with van der Waals surface area (Å²) in [6.45, 7) is 3.10. The van der Waals surface area contributed by atoms with Gasteiger partial charge in [-0.2, -0.15) is 0 Å². The first-order chi connectivity index (χ1) is 23.4. The van der Waals surface area contributed by atoms with Crippen molar-refractivity contribution in [2.45, 2.75) is 102 Å². The Morgan fingerprint density at radius 1 is 1.21 bits per heavy atom. The van der Waals surface area contributed by atoms with Crippen LogP contribution in [0, 0.1) is 5.92 Å². The molecule has 1 fully saturated rings. The van der Waals surface area contributed by atoms with Crippen molar-refractivity contribution in [3.63, 3.8) is 0 Å². The Balaban J connectivity index is 0.978. The summed E-state index contributed by atoms with van der Waals surface area (Å²) in [5.74, 6) is 0.989. The third-order valence-electron chi connectivity index (χ3n) is 11.6. The second-order valence-electron chi connectivity index (χ2n) is 14.5. The van der Waals surface area contributed by atoms with E-state index in [1.54, 1.807) is 11.6 Å². The Bertz CT molecular complexity index is 1820. The first kappa shape index (κ1) is 31.3. The zero-order valence-electron chi connectivity index (χ0n) is 27.9. The number of nitrogens with two attached hydrogens (primary N) is 1. The SMILES string of the molecule is CCCCC[C@@H](O)CC(=O)CCc1ccc(O)c(OCN2C=C3N=CC([C@@]45CCC[C@@H]4C4=C6C(=N[C@H](N)c7cccc5c76)CC4)=C3C2)c1. The van der Waals surface area contributed by atoms with Crippen LogP contribution in [0.25, 0.3) is 5.57 Å². The number of carbonyl (C=O) groups excluding carboxylic acids is 1. The number of Topliss-reactive ketones (excluding diaryl/α,β-unsaturated/α-hetero) is 1. The molecule has 3 heterocycles. The van der Waals surface area contributed by atoms with Crippen molar-refractivity contribution in [3.8, 4) is 11.5 Å². The lowest BCUT2D eigenvalue weighted by Gasteiger charge is -2.45. The number of hydrogen-bond acceptors (Lipinski definition) is 8. The number of allylic oxidation sites excluding steroid dienone is 3. The Morgan fingerprint density at radius 3 is 2.98 bits per heavy atom. The lowest BCUT2D eigenvalue weighted by Crippen LogP contribution is -2.40. The van der Waals surface area contributed by atoms with Gasteiger partial charge >= 0.3 is 0 Å². The van der Waals surface area contributed by atoms with Crippen molar-refractivity contribution in [1.29, 1.82) is 0 Å². The van der Waals surface area contributed by atoms with E-state index in [4.69, 9.17) is 20.5 Å². The monoisotopic (exact) mass is 646 g/mol. The number of ketones is 1. The van der Waals surface area contributed by atoms with Crippen molar-refractivity contribution >= 4 is 23.3 Å². The van der Waals surface area contributed by atoms with Crippen LogP contribution in [0.4, 0.5) is 0 Å². The minimum absolute atomic E-state index is 0.0595. The highest BCUT2D eigenvalue weighted by Crippen LogP contribution is 2.64. The predicted octanol–water partition coefficient (Wildman–Crippen LogP) is 6.81. The molecule has 3 aliphatic carbocycles. The van der Waals surface area contributed by atoms with Crippen LogP contribution < -0.4 is 10.5 Å². The average molecular weight is 647 g/mol. The smallest absolute Gasteiger partial charge is 0.163 e. The van der Waals surface area contributed by atoms with E-state index in [9.17, 15) is 15.0 Å². The van der Waals surface area contributed by atoms with Gasteiger partial charge in [0.2, 0.25) is 0 Å². The molecular formula is C40H46N4O4. The minimum Gasteiger partial charge on any atom is -0.504 e. The van der Waals surface area contributed by atoms with Crippen LogP contribution in [0.3, 0.4) is 0 Å². The Hall–Kier alpha value is -4.01. The number of carbonyl (C=O) groups is 1. The van der Waals surface area contributed by atoms with Gasteiger partial charge in [0.1, 0.15) is 11.9 Å². The van der Waals surface area contributed by atoms with Gasteiger partial charge in [-0.3, -0.25) is 14.8 Å². The number of unbranched alkanes of at least 4 members (excludes halogenated alkanes) is 2. The molecule has 8 rings (SSSR count). The van der Waals surface area contributed by atoms with Crippen LogP contribution in [0.15, 0.2) is 75.0 Å². The molecule has 0 amide bonds. The summed E-state index contributed by atoms with van der Waals surface area (Å²) >= 11 is 0. The molecule has 0 spiro atoms. The molecule has 4 N–H and O–H groups in total. The van der Waals surface area contributed by atoms with Crippen LogP contribution in [0.2, 0.25) is 0 Å². The highest BCUT2D eigenvalue weighted by Gasteiger charge is 2.56. The van der Waals surface area contributed by atoms with Gasteiger partial charge in [0.25, 0.3) is 0 Å². The lowest BCUT2D eigenvalue weighted by atomic mass is 9.58. The average Bonchev–Trinajstić information content (AvgIpc) is 3.87. The van der Waals surface area contributed by atoms with Crippen molar-refractivity contribution in [2.24, 2.45) is 21.6 Å². The molecule has 6 aliphatic rings. The Morgan fingerprint density at radius 2 is 2.10 bits per heavy atom. The number of hydrogen-bond donors (Lipinski definition) is 3. The number of aryl methyl sites for hydroxylation is 1. The molecule has 48 heavy (non-hydrogen) atoms. The van der Waals surface area contributed by atoms with Gasteiger partial charge < -0.3 is 25.6 Å². The summed E-state index contributed by atoms with van der Waals surface area (Å²) in [5.41, 5.74) is 19.1. The number of phenols is 1. The number of fused-ring (bicyclic) bond motifs is 4. The standard InChI is InChI=1S/C40H46N4O4/c1-2-3-4-7-25(45)19-26(46)13-11-24-12-16-35(47)36(18-24)48-23-44-21-29-32(20-42-34(29)22-44)40-17-6-10-30(40)27-14-15-33-38(27)37-28(39(41)43-33)8-5-9-31(37)40/h5,8-9,12,16,18,20,22,25,30,39,45,47H,2-4,6-7,10-11,13-15,17,19,21,23,41H2,1H3/t25-,30-,39+,40+/m1/s1. The summed E-state index contributed by atoms with van der Waals surface area (Å²) in [5, 5.41) is 20.8. The largest absolute Gasteiger partial charge is 0.504 e. The molecule has 0 saturated heterocycles. The molecule has 1 saturated carbocycles. The van der Waals surface area contributed by atoms with Crippen LogP contribution in [-0.4, -0.2) is 52.2 Å². The van der Waals surface area contributed by atoms with E-state index in [1.165, 1.54) is 46.4 Å². The summed E-state index contributed by atoms with van der Waals surface area (Å²) in [7, 11) is 0. The van der Waals surface area contributed by atoms with Crippen molar-refractivity contribution < 1.29 is 19.7 Å². The summed E-state index contributed by atoms with van der Waals surface area (Å²) in [6.07, 6.45) is 13.7. The third kappa shape index (κ3) is 5.15. The van der Waals surface area contributed by atoms with Crippen LogP contribution in [-0.2, 0) is 16.6 Å². The maximum absolute atomic E-state index is 12.5. The number of ether oxygens (including phenoxy) is 1. The van der Waals surface area contributed by atoms with Gasteiger partial charge in [-0.25, -0.2) is 0 Å². The highest BCUT2D eigenvalue weighted by atomic mass is 16.5. The van der Waals surface area contributed by atoms with Crippen LogP contribution >= 0.6 is 0 Å². The van der Waals surface area contributed by atoms with Gasteiger partial charge in [0.15, 0.2) is 18.2 Å².